The van der Waals surface area contributed by atoms with Crippen molar-refractivity contribution in [1.82, 2.24) is 0 Å². The number of para-hydroxylation sites is 1. The van der Waals surface area contributed by atoms with Crippen LogP contribution in [0.1, 0.15) is 19.4 Å². The minimum absolute atomic E-state index is 0.0801. The van der Waals surface area contributed by atoms with Gasteiger partial charge >= 0.3 is 0 Å². The van der Waals surface area contributed by atoms with Gasteiger partial charge in [-0.25, -0.2) is 0 Å². The topological polar surface area (TPSA) is 49.4 Å². The van der Waals surface area contributed by atoms with Crippen molar-refractivity contribution in [2.75, 3.05) is 10.2 Å². The summed E-state index contributed by atoms with van der Waals surface area (Å²) in [6, 6.07) is 20.1. The number of hydrogen-bond acceptors (Lipinski definition) is 4. The van der Waals surface area contributed by atoms with Gasteiger partial charge in [-0.2, -0.15) is 0 Å². The second-order valence-electron chi connectivity index (χ2n) is 6.79. The summed E-state index contributed by atoms with van der Waals surface area (Å²) in [6.07, 6.45) is 0. The van der Waals surface area contributed by atoms with Gasteiger partial charge in [0.15, 0.2) is 0 Å². The van der Waals surface area contributed by atoms with Crippen LogP contribution in [0, 0.1) is 6.92 Å². The molecular formula is C23H20N2O2S2. The van der Waals surface area contributed by atoms with Crippen molar-refractivity contribution in [3.05, 3.63) is 66.2 Å². The summed E-state index contributed by atoms with van der Waals surface area (Å²) in [7, 11) is 0. The number of carbonyl (C=O) groups is 2. The number of rotatable bonds is 1. The SMILES string of the molecule is CC(=O)Nc1cc2c(cc1C)Sc1ccccc1Sc1ccccc1N2C(C)=O. The highest BCUT2D eigenvalue weighted by atomic mass is 32.2. The molecule has 146 valence electrons. The molecule has 2 amide bonds. The van der Waals surface area contributed by atoms with E-state index in [-0.39, 0.29) is 11.8 Å². The van der Waals surface area contributed by atoms with Crippen molar-refractivity contribution in [3.63, 3.8) is 0 Å². The number of amides is 2. The summed E-state index contributed by atoms with van der Waals surface area (Å²) in [5.41, 5.74) is 3.26. The fraction of sp³-hybridized carbons (Fsp3) is 0.130. The minimum Gasteiger partial charge on any atom is -0.326 e. The van der Waals surface area contributed by atoms with E-state index in [0.29, 0.717) is 5.69 Å². The quantitative estimate of drug-likeness (QED) is 0.505. The van der Waals surface area contributed by atoms with Gasteiger partial charge in [0, 0.05) is 39.1 Å². The fourth-order valence-corrected chi connectivity index (χ4v) is 5.56. The third-order valence-corrected chi connectivity index (χ3v) is 6.96. The zero-order valence-corrected chi connectivity index (χ0v) is 18.0. The monoisotopic (exact) mass is 420 g/mol. The van der Waals surface area contributed by atoms with Gasteiger partial charge in [0.25, 0.3) is 0 Å². The Labute approximate surface area is 178 Å². The Hall–Kier alpha value is -2.70. The molecule has 4 rings (SSSR count). The Morgan fingerprint density at radius 1 is 0.793 bits per heavy atom. The van der Waals surface area contributed by atoms with Crippen LogP contribution in [0.4, 0.5) is 17.1 Å². The molecule has 0 bridgehead atoms. The maximum Gasteiger partial charge on any atom is 0.228 e. The Morgan fingerprint density at radius 2 is 1.38 bits per heavy atom. The highest BCUT2D eigenvalue weighted by molar-refractivity contribution is 8.02. The van der Waals surface area contributed by atoms with E-state index in [1.54, 1.807) is 35.3 Å². The van der Waals surface area contributed by atoms with Gasteiger partial charge in [-0.15, -0.1) is 0 Å². The van der Waals surface area contributed by atoms with Crippen LogP contribution in [0.25, 0.3) is 0 Å². The minimum atomic E-state index is -0.139. The number of hydrogen-bond donors (Lipinski definition) is 1. The fourth-order valence-electron chi connectivity index (χ4n) is 3.30. The lowest BCUT2D eigenvalue weighted by Gasteiger charge is -2.26. The first kappa shape index (κ1) is 19.6. The molecule has 0 saturated heterocycles. The first-order chi connectivity index (χ1) is 13.9. The largest absolute Gasteiger partial charge is 0.326 e. The van der Waals surface area contributed by atoms with Crippen LogP contribution in [0.15, 0.2) is 80.2 Å². The van der Waals surface area contributed by atoms with Crippen molar-refractivity contribution in [1.29, 1.82) is 0 Å². The maximum absolute atomic E-state index is 12.8. The Balaban J connectivity index is 2.02. The lowest BCUT2D eigenvalue weighted by Crippen LogP contribution is -2.24. The van der Waals surface area contributed by atoms with E-state index in [2.05, 4.69) is 17.4 Å². The zero-order valence-electron chi connectivity index (χ0n) is 16.4. The molecule has 1 aliphatic heterocycles. The number of carbonyl (C=O) groups excluding carboxylic acids is 2. The first-order valence-electron chi connectivity index (χ1n) is 9.20. The molecule has 1 N–H and O–H groups in total. The molecular weight excluding hydrogens is 400 g/mol. The molecule has 0 aromatic heterocycles. The van der Waals surface area contributed by atoms with Crippen LogP contribution in [0.5, 0.6) is 0 Å². The lowest BCUT2D eigenvalue weighted by molar-refractivity contribution is -0.116. The molecule has 1 aliphatic rings. The highest BCUT2D eigenvalue weighted by Crippen LogP contribution is 2.49. The molecule has 0 saturated carbocycles. The molecule has 0 radical (unpaired) electrons. The standard InChI is InChI=1S/C23H20N2O2S2/c1-14-12-23-19(13-17(14)24-15(2)26)25(16(3)27)18-8-4-5-9-20(18)28-21-10-6-7-11-22(21)29-23/h4-13H,1-3H3,(H,24,26). The van der Waals surface area contributed by atoms with E-state index < -0.39 is 0 Å². The van der Waals surface area contributed by atoms with Crippen LogP contribution < -0.4 is 10.2 Å². The van der Waals surface area contributed by atoms with E-state index in [1.165, 1.54) is 6.92 Å². The average molecular weight is 421 g/mol. The van der Waals surface area contributed by atoms with Crippen LogP contribution in [0.3, 0.4) is 0 Å². The van der Waals surface area contributed by atoms with E-state index in [1.807, 2.05) is 55.5 Å². The van der Waals surface area contributed by atoms with Gasteiger partial charge < -0.3 is 5.32 Å². The Kier molecular flexibility index (Phi) is 5.39. The van der Waals surface area contributed by atoms with Crippen molar-refractivity contribution >= 4 is 52.4 Å². The maximum atomic E-state index is 12.8. The van der Waals surface area contributed by atoms with Crippen LogP contribution in [-0.4, -0.2) is 11.8 Å². The summed E-state index contributed by atoms with van der Waals surface area (Å²) in [6.45, 7) is 5.02. The van der Waals surface area contributed by atoms with E-state index in [9.17, 15) is 9.59 Å². The van der Waals surface area contributed by atoms with E-state index in [0.717, 1.165) is 36.5 Å². The molecule has 0 unspecified atom stereocenters. The normalized spacial score (nSPS) is 12.6. The molecule has 3 aromatic rings. The average Bonchev–Trinajstić information content (AvgIpc) is 2.72. The van der Waals surface area contributed by atoms with E-state index in [4.69, 9.17) is 0 Å². The summed E-state index contributed by atoms with van der Waals surface area (Å²) < 4.78 is 0. The van der Waals surface area contributed by atoms with Gasteiger partial charge in [0.1, 0.15) is 0 Å². The predicted octanol–water partition coefficient (Wildman–Crippen LogP) is 6.25. The number of nitrogens with one attached hydrogen (secondary N) is 1. The number of nitrogens with zero attached hydrogens (tertiary/aromatic N) is 1. The second-order valence-corrected chi connectivity index (χ2v) is 8.96. The number of anilines is 3. The van der Waals surface area contributed by atoms with Gasteiger partial charge in [-0.1, -0.05) is 47.8 Å². The van der Waals surface area contributed by atoms with Gasteiger partial charge in [-0.05, 0) is 48.9 Å². The Bertz CT molecular complexity index is 1130. The molecule has 4 nitrogen and oxygen atoms in total. The molecule has 3 aromatic carbocycles. The van der Waals surface area contributed by atoms with Gasteiger partial charge in [0.2, 0.25) is 11.8 Å². The summed E-state index contributed by atoms with van der Waals surface area (Å²) in [5, 5.41) is 2.89. The van der Waals surface area contributed by atoms with E-state index >= 15 is 0 Å². The third-order valence-electron chi connectivity index (χ3n) is 4.57. The summed E-state index contributed by atoms with van der Waals surface area (Å²) in [4.78, 5) is 30.5. The molecule has 0 aliphatic carbocycles. The van der Waals surface area contributed by atoms with Crippen LogP contribution in [-0.2, 0) is 9.59 Å². The van der Waals surface area contributed by atoms with Crippen molar-refractivity contribution in [3.8, 4) is 0 Å². The third kappa shape index (κ3) is 3.91. The molecule has 6 heteroatoms. The predicted molar refractivity (Wildman–Crippen MR) is 119 cm³/mol. The van der Waals surface area contributed by atoms with Crippen LogP contribution >= 0.6 is 23.5 Å². The zero-order chi connectivity index (χ0) is 20.5. The molecule has 29 heavy (non-hydrogen) atoms. The number of benzene rings is 3. The number of fused-ring (bicyclic) bond motifs is 3. The highest BCUT2D eigenvalue weighted by Gasteiger charge is 2.25. The second kappa shape index (κ2) is 7.97. The van der Waals surface area contributed by atoms with Crippen molar-refractivity contribution in [2.24, 2.45) is 0 Å². The van der Waals surface area contributed by atoms with Gasteiger partial charge in [0.05, 0.1) is 11.4 Å². The lowest BCUT2D eigenvalue weighted by atomic mass is 10.1. The van der Waals surface area contributed by atoms with Crippen molar-refractivity contribution < 1.29 is 9.59 Å². The van der Waals surface area contributed by atoms with Crippen molar-refractivity contribution in [2.45, 2.75) is 40.4 Å². The molecule has 0 fully saturated rings. The molecule has 1 heterocycles. The first-order valence-corrected chi connectivity index (χ1v) is 10.8. The Morgan fingerprint density at radius 3 is 2.00 bits per heavy atom. The molecule has 0 spiro atoms. The van der Waals surface area contributed by atoms with Crippen LogP contribution in [0.2, 0.25) is 0 Å². The summed E-state index contributed by atoms with van der Waals surface area (Å²) in [5.74, 6) is -0.220. The molecule has 0 atom stereocenters. The number of aryl methyl sites for hydroxylation is 1. The smallest absolute Gasteiger partial charge is 0.228 e. The van der Waals surface area contributed by atoms with Gasteiger partial charge in [-0.3, -0.25) is 14.5 Å². The summed E-state index contributed by atoms with van der Waals surface area (Å²) >= 11 is 3.29.